The van der Waals surface area contributed by atoms with Gasteiger partial charge in [-0.3, -0.25) is 24.3 Å². The summed E-state index contributed by atoms with van der Waals surface area (Å²) in [4.78, 5) is 42.9. The highest BCUT2D eigenvalue weighted by molar-refractivity contribution is 7.15. The van der Waals surface area contributed by atoms with Crippen molar-refractivity contribution in [3.8, 4) is 0 Å². The van der Waals surface area contributed by atoms with E-state index in [0.717, 1.165) is 11.3 Å². The van der Waals surface area contributed by atoms with E-state index in [9.17, 15) is 14.4 Å². The van der Waals surface area contributed by atoms with E-state index in [1.165, 1.54) is 10.9 Å². The van der Waals surface area contributed by atoms with Gasteiger partial charge in [-0.15, -0.1) is 10.2 Å². The van der Waals surface area contributed by atoms with Crippen LogP contribution in [0.2, 0.25) is 0 Å². The predicted molar refractivity (Wildman–Crippen MR) is 106 cm³/mol. The van der Waals surface area contributed by atoms with Gasteiger partial charge in [0.1, 0.15) is 11.6 Å². The summed E-state index contributed by atoms with van der Waals surface area (Å²) < 4.78 is 6.47. The van der Waals surface area contributed by atoms with Crippen LogP contribution < -0.4 is 10.9 Å². The molecule has 1 N–H and O–H groups in total. The quantitative estimate of drug-likeness (QED) is 0.637. The van der Waals surface area contributed by atoms with Crippen molar-refractivity contribution in [3.05, 3.63) is 46.0 Å². The highest BCUT2D eigenvalue weighted by Crippen LogP contribution is 2.17. The SMILES string of the molecule is O=C(Cn1cnc2ccccc2c1=O)Nc1nnc(CC(=O)N2CCOCC2)s1. The smallest absolute Gasteiger partial charge is 0.261 e. The number of ether oxygens (including phenoxy) is 1. The van der Waals surface area contributed by atoms with Gasteiger partial charge in [0.15, 0.2) is 0 Å². The molecule has 0 aliphatic carbocycles. The number of nitrogens with one attached hydrogen (secondary N) is 1. The Kier molecular flexibility index (Phi) is 5.58. The van der Waals surface area contributed by atoms with Crippen LogP contribution in [0, 0.1) is 0 Å². The van der Waals surface area contributed by atoms with Crippen molar-refractivity contribution in [2.75, 3.05) is 31.6 Å². The van der Waals surface area contributed by atoms with E-state index in [4.69, 9.17) is 4.74 Å². The topological polar surface area (TPSA) is 119 Å². The maximum absolute atomic E-state index is 12.5. The van der Waals surface area contributed by atoms with Gasteiger partial charge in [0.2, 0.25) is 16.9 Å². The molecule has 0 radical (unpaired) electrons. The molecule has 11 heteroatoms. The summed E-state index contributed by atoms with van der Waals surface area (Å²) in [6.45, 7) is 2.00. The molecule has 2 amide bonds. The third-order valence-corrected chi connectivity index (χ3v) is 5.26. The summed E-state index contributed by atoms with van der Waals surface area (Å²) in [7, 11) is 0. The number of aromatic nitrogens is 4. The molecule has 0 unspecified atom stereocenters. The van der Waals surface area contributed by atoms with Crippen molar-refractivity contribution in [2.24, 2.45) is 0 Å². The van der Waals surface area contributed by atoms with Gasteiger partial charge in [-0.05, 0) is 12.1 Å². The molecular weight excluding hydrogens is 396 g/mol. The Balaban J connectivity index is 1.37. The number of rotatable bonds is 5. The molecule has 10 nitrogen and oxygen atoms in total. The zero-order valence-electron chi connectivity index (χ0n) is 15.4. The molecule has 3 heterocycles. The van der Waals surface area contributed by atoms with E-state index < -0.39 is 5.91 Å². The van der Waals surface area contributed by atoms with Gasteiger partial charge >= 0.3 is 0 Å². The Bertz CT molecular complexity index is 1100. The number of carbonyl (C=O) groups excluding carboxylic acids is 2. The maximum Gasteiger partial charge on any atom is 0.261 e. The van der Waals surface area contributed by atoms with Crippen molar-refractivity contribution >= 4 is 39.2 Å². The highest BCUT2D eigenvalue weighted by Gasteiger charge is 2.19. The second-order valence-corrected chi connectivity index (χ2v) is 7.48. The monoisotopic (exact) mass is 414 g/mol. The van der Waals surface area contributed by atoms with Crippen molar-refractivity contribution in [3.63, 3.8) is 0 Å². The number of hydrogen-bond acceptors (Lipinski definition) is 8. The van der Waals surface area contributed by atoms with Crippen LogP contribution in [0.1, 0.15) is 5.01 Å². The van der Waals surface area contributed by atoms with E-state index in [1.807, 2.05) is 0 Å². The molecule has 1 aromatic carbocycles. The zero-order valence-corrected chi connectivity index (χ0v) is 16.2. The van der Waals surface area contributed by atoms with Crippen LogP contribution in [0.4, 0.5) is 5.13 Å². The first-order chi connectivity index (χ1) is 14.1. The largest absolute Gasteiger partial charge is 0.378 e. The van der Waals surface area contributed by atoms with Gasteiger partial charge in [0.25, 0.3) is 5.56 Å². The van der Waals surface area contributed by atoms with E-state index in [1.54, 1.807) is 29.2 Å². The van der Waals surface area contributed by atoms with Gasteiger partial charge in [-0.2, -0.15) is 0 Å². The fraction of sp³-hybridized carbons (Fsp3) is 0.333. The highest BCUT2D eigenvalue weighted by atomic mass is 32.1. The summed E-state index contributed by atoms with van der Waals surface area (Å²) >= 11 is 1.13. The molecule has 4 rings (SSSR count). The summed E-state index contributed by atoms with van der Waals surface area (Å²) in [6, 6.07) is 6.95. The first kappa shape index (κ1) is 19.2. The Morgan fingerprint density at radius 1 is 1.17 bits per heavy atom. The van der Waals surface area contributed by atoms with Crippen molar-refractivity contribution in [2.45, 2.75) is 13.0 Å². The van der Waals surface area contributed by atoms with Crippen LogP contribution in [-0.4, -0.2) is 62.8 Å². The molecule has 29 heavy (non-hydrogen) atoms. The third kappa shape index (κ3) is 4.46. The van der Waals surface area contributed by atoms with E-state index in [2.05, 4.69) is 20.5 Å². The van der Waals surface area contributed by atoms with Crippen LogP contribution >= 0.6 is 11.3 Å². The standard InChI is InChI=1S/C18H18N6O4S/c25-14(10-24-11-19-13-4-2-1-3-12(13)17(24)27)20-18-22-21-15(29-18)9-16(26)23-5-7-28-8-6-23/h1-4,11H,5-10H2,(H,20,22,25). The number of para-hydroxylation sites is 1. The van der Waals surface area contributed by atoms with Crippen LogP contribution in [0.5, 0.6) is 0 Å². The average Bonchev–Trinajstić information content (AvgIpc) is 3.17. The minimum absolute atomic E-state index is 0.0453. The minimum atomic E-state index is -0.425. The second-order valence-electron chi connectivity index (χ2n) is 6.41. The number of nitrogens with zero attached hydrogens (tertiary/aromatic N) is 5. The Hall–Kier alpha value is -3.18. The second kappa shape index (κ2) is 8.45. The van der Waals surface area contributed by atoms with Crippen LogP contribution in [0.25, 0.3) is 10.9 Å². The number of benzene rings is 1. The number of anilines is 1. The van der Waals surface area contributed by atoms with Gasteiger partial charge in [0.05, 0.1) is 36.9 Å². The molecule has 1 aliphatic heterocycles. The lowest BCUT2D eigenvalue weighted by molar-refractivity contribution is -0.134. The number of fused-ring (bicyclic) bond motifs is 1. The van der Waals surface area contributed by atoms with Gasteiger partial charge in [0, 0.05) is 13.1 Å². The first-order valence-electron chi connectivity index (χ1n) is 9.02. The lowest BCUT2D eigenvalue weighted by atomic mass is 10.2. The van der Waals surface area contributed by atoms with Crippen LogP contribution in [0.3, 0.4) is 0 Å². The van der Waals surface area contributed by atoms with Gasteiger partial charge < -0.3 is 9.64 Å². The molecule has 0 saturated carbocycles. The number of amides is 2. The van der Waals surface area contributed by atoms with Crippen molar-refractivity contribution in [1.29, 1.82) is 0 Å². The molecule has 1 saturated heterocycles. The molecule has 2 aromatic heterocycles. The summed E-state index contributed by atoms with van der Waals surface area (Å²) in [5, 5.41) is 11.7. The summed E-state index contributed by atoms with van der Waals surface area (Å²) in [6.07, 6.45) is 1.47. The predicted octanol–water partition coefficient (Wildman–Crippen LogP) is 0.288. The normalized spacial score (nSPS) is 14.1. The van der Waals surface area contributed by atoms with E-state index in [0.29, 0.717) is 42.2 Å². The molecule has 0 bridgehead atoms. The Morgan fingerprint density at radius 2 is 1.97 bits per heavy atom. The molecule has 1 aliphatic rings. The van der Waals surface area contributed by atoms with Gasteiger partial charge in [-0.1, -0.05) is 23.5 Å². The Morgan fingerprint density at radius 3 is 2.79 bits per heavy atom. The lowest BCUT2D eigenvalue weighted by Gasteiger charge is -2.26. The fourth-order valence-corrected chi connectivity index (χ4v) is 3.71. The number of morpholine rings is 1. The number of hydrogen-bond donors (Lipinski definition) is 1. The fourth-order valence-electron chi connectivity index (χ4n) is 2.96. The third-order valence-electron chi connectivity index (χ3n) is 4.42. The Labute approximate surface area is 169 Å². The van der Waals surface area contributed by atoms with E-state index >= 15 is 0 Å². The molecule has 150 valence electrons. The van der Waals surface area contributed by atoms with E-state index in [-0.39, 0.29) is 29.6 Å². The molecular formula is C18H18N6O4S. The summed E-state index contributed by atoms with van der Waals surface area (Å²) in [5.41, 5.74) is 0.285. The van der Waals surface area contributed by atoms with Crippen LogP contribution in [0.15, 0.2) is 35.4 Å². The van der Waals surface area contributed by atoms with Crippen molar-refractivity contribution < 1.29 is 14.3 Å². The molecule has 0 spiro atoms. The molecule has 0 atom stereocenters. The molecule has 1 fully saturated rings. The maximum atomic E-state index is 12.5. The lowest BCUT2D eigenvalue weighted by Crippen LogP contribution is -2.41. The average molecular weight is 414 g/mol. The minimum Gasteiger partial charge on any atom is -0.378 e. The van der Waals surface area contributed by atoms with Gasteiger partial charge in [-0.25, -0.2) is 4.98 Å². The van der Waals surface area contributed by atoms with Crippen LogP contribution in [-0.2, 0) is 27.3 Å². The number of carbonyl (C=O) groups is 2. The molecule has 3 aromatic rings. The van der Waals surface area contributed by atoms with Crippen molar-refractivity contribution in [1.82, 2.24) is 24.6 Å². The first-order valence-corrected chi connectivity index (χ1v) is 9.84. The summed E-state index contributed by atoms with van der Waals surface area (Å²) in [5.74, 6) is -0.470. The zero-order chi connectivity index (χ0) is 20.2.